The molecule has 9 heteroatoms. The summed E-state index contributed by atoms with van der Waals surface area (Å²) in [6.07, 6.45) is 0. The maximum Gasteiger partial charge on any atom is 0.348 e. The van der Waals surface area contributed by atoms with Crippen LogP contribution in [0.3, 0.4) is 0 Å². The Balaban J connectivity index is 2.03. The zero-order valence-corrected chi connectivity index (χ0v) is 17.0. The van der Waals surface area contributed by atoms with Crippen molar-refractivity contribution < 1.29 is 28.4 Å². The lowest BCUT2D eigenvalue weighted by molar-refractivity contribution is 0.0601. The number of carbonyl (C=O) groups excluding carboxylic acids is 3. The highest BCUT2D eigenvalue weighted by Crippen LogP contribution is 2.35. The van der Waals surface area contributed by atoms with E-state index in [1.54, 1.807) is 26.0 Å². The zero-order chi connectivity index (χ0) is 21.1. The summed E-state index contributed by atoms with van der Waals surface area (Å²) in [6.45, 7) is 3.21. The molecule has 1 aromatic carbocycles. The van der Waals surface area contributed by atoms with Gasteiger partial charge in [0, 0.05) is 5.56 Å². The van der Waals surface area contributed by atoms with Crippen molar-refractivity contribution >= 4 is 34.2 Å². The summed E-state index contributed by atoms with van der Waals surface area (Å²) in [6, 6.07) is 9.10. The summed E-state index contributed by atoms with van der Waals surface area (Å²) >= 11 is 0.937. The van der Waals surface area contributed by atoms with E-state index in [1.165, 1.54) is 14.2 Å². The van der Waals surface area contributed by atoms with Gasteiger partial charge in [0.05, 0.1) is 19.8 Å². The van der Waals surface area contributed by atoms with Crippen molar-refractivity contribution in [3.63, 3.8) is 0 Å². The molecule has 2 aromatic heterocycles. The first-order valence-electron chi connectivity index (χ1n) is 8.52. The zero-order valence-electron chi connectivity index (χ0n) is 16.2. The highest BCUT2D eigenvalue weighted by Gasteiger charge is 2.29. The molecule has 3 rings (SSSR count). The minimum atomic E-state index is -0.672. The van der Waals surface area contributed by atoms with Crippen LogP contribution in [-0.4, -0.2) is 37.2 Å². The Morgan fingerprint density at radius 3 is 2.28 bits per heavy atom. The van der Waals surface area contributed by atoms with E-state index in [0.717, 1.165) is 11.3 Å². The third-order valence-electron chi connectivity index (χ3n) is 4.27. The Kier molecular flexibility index (Phi) is 5.79. The van der Waals surface area contributed by atoms with Gasteiger partial charge in [-0.1, -0.05) is 35.5 Å². The number of benzene rings is 1. The van der Waals surface area contributed by atoms with Crippen molar-refractivity contribution in [1.29, 1.82) is 0 Å². The van der Waals surface area contributed by atoms with E-state index in [0.29, 0.717) is 22.6 Å². The lowest BCUT2D eigenvalue weighted by Crippen LogP contribution is -2.15. The Morgan fingerprint density at radius 1 is 1.00 bits per heavy atom. The third-order valence-corrected chi connectivity index (χ3v) is 5.46. The van der Waals surface area contributed by atoms with Crippen molar-refractivity contribution in [1.82, 2.24) is 5.16 Å². The molecule has 8 nitrogen and oxygen atoms in total. The van der Waals surface area contributed by atoms with Crippen LogP contribution in [-0.2, 0) is 9.47 Å². The predicted octanol–water partition coefficient (Wildman–Crippen LogP) is 3.85. The summed E-state index contributed by atoms with van der Waals surface area (Å²) in [5, 5.41) is 6.86. The Hall–Kier alpha value is -3.46. The standard InChI is InChI=1S/C20H18N2O6S/c1-10-13(19(24)26-3)18(29-16(10)20(25)27-4)21-17(23)14-11(2)28-22-15(14)12-8-6-5-7-9-12/h5-9H,1-4H3,(H,21,23). The molecule has 0 fully saturated rings. The average molecular weight is 414 g/mol. The number of aryl methyl sites for hydroxylation is 1. The van der Waals surface area contributed by atoms with Crippen molar-refractivity contribution in [2.75, 3.05) is 19.5 Å². The number of rotatable bonds is 5. The van der Waals surface area contributed by atoms with Gasteiger partial charge in [0.25, 0.3) is 5.91 Å². The molecular formula is C20H18N2O6S. The van der Waals surface area contributed by atoms with E-state index >= 15 is 0 Å². The topological polar surface area (TPSA) is 108 Å². The molecule has 0 spiro atoms. The molecule has 0 aliphatic heterocycles. The molecule has 1 amide bonds. The molecule has 2 heterocycles. The summed E-state index contributed by atoms with van der Waals surface area (Å²) in [5.74, 6) is -1.48. The van der Waals surface area contributed by atoms with Crippen LogP contribution in [0.15, 0.2) is 34.9 Å². The van der Waals surface area contributed by atoms with Crippen LogP contribution in [0, 0.1) is 13.8 Å². The molecular weight excluding hydrogens is 396 g/mol. The van der Waals surface area contributed by atoms with Gasteiger partial charge in [0.2, 0.25) is 0 Å². The lowest BCUT2D eigenvalue weighted by atomic mass is 10.1. The molecule has 29 heavy (non-hydrogen) atoms. The number of hydrogen-bond acceptors (Lipinski definition) is 8. The molecule has 0 atom stereocenters. The highest BCUT2D eigenvalue weighted by atomic mass is 32.1. The fraction of sp³-hybridized carbons (Fsp3) is 0.200. The molecule has 0 saturated heterocycles. The van der Waals surface area contributed by atoms with E-state index in [-0.39, 0.29) is 21.0 Å². The fourth-order valence-corrected chi connectivity index (χ4v) is 3.94. The van der Waals surface area contributed by atoms with Gasteiger partial charge in [-0.25, -0.2) is 9.59 Å². The van der Waals surface area contributed by atoms with E-state index in [4.69, 9.17) is 14.0 Å². The average Bonchev–Trinajstić information content (AvgIpc) is 3.27. The minimum Gasteiger partial charge on any atom is -0.465 e. The Bertz CT molecular complexity index is 1080. The number of thiophene rings is 1. The molecule has 0 radical (unpaired) electrons. The van der Waals surface area contributed by atoms with E-state index in [9.17, 15) is 14.4 Å². The van der Waals surface area contributed by atoms with Gasteiger partial charge < -0.3 is 19.3 Å². The van der Waals surface area contributed by atoms with Gasteiger partial charge in [-0.3, -0.25) is 4.79 Å². The first-order chi connectivity index (χ1) is 13.9. The third kappa shape index (κ3) is 3.77. The number of amides is 1. The minimum absolute atomic E-state index is 0.0987. The van der Waals surface area contributed by atoms with Gasteiger partial charge in [-0.2, -0.15) is 0 Å². The molecule has 0 aliphatic carbocycles. The smallest absolute Gasteiger partial charge is 0.348 e. The van der Waals surface area contributed by atoms with Crippen LogP contribution in [0.5, 0.6) is 0 Å². The van der Waals surface area contributed by atoms with Crippen LogP contribution in [0.4, 0.5) is 5.00 Å². The van der Waals surface area contributed by atoms with E-state index < -0.39 is 17.8 Å². The number of carbonyl (C=O) groups is 3. The lowest BCUT2D eigenvalue weighted by Gasteiger charge is -2.06. The van der Waals surface area contributed by atoms with Crippen molar-refractivity contribution in [2.45, 2.75) is 13.8 Å². The van der Waals surface area contributed by atoms with Crippen LogP contribution in [0.25, 0.3) is 11.3 Å². The SMILES string of the molecule is COC(=O)c1sc(NC(=O)c2c(-c3ccccc3)noc2C)c(C(=O)OC)c1C. The van der Waals surface area contributed by atoms with Gasteiger partial charge in [-0.15, -0.1) is 11.3 Å². The van der Waals surface area contributed by atoms with Gasteiger partial charge in [0.15, 0.2) is 0 Å². The summed E-state index contributed by atoms with van der Waals surface area (Å²) in [7, 11) is 2.46. The summed E-state index contributed by atoms with van der Waals surface area (Å²) in [5.41, 5.74) is 1.79. The molecule has 0 saturated carbocycles. The van der Waals surface area contributed by atoms with Crippen molar-refractivity contribution in [2.24, 2.45) is 0 Å². The second-order valence-corrected chi connectivity index (χ2v) is 7.05. The van der Waals surface area contributed by atoms with E-state index in [2.05, 4.69) is 10.5 Å². The number of anilines is 1. The number of esters is 2. The second kappa shape index (κ2) is 8.27. The normalized spacial score (nSPS) is 10.5. The van der Waals surface area contributed by atoms with Gasteiger partial charge in [0.1, 0.15) is 26.9 Å². The first-order valence-corrected chi connectivity index (χ1v) is 9.33. The number of aromatic nitrogens is 1. The quantitative estimate of drug-likeness (QED) is 0.632. The van der Waals surface area contributed by atoms with Crippen molar-refractivity contribution in [3.05, 3.63) is 57.7 Å². The van der Waals surface area contributed by atoms with Crippen LogP contribution in [0.2, 0.25) is 0 Å². The molecule has 0 bridgehead atoms. The second-order valence-electron chi connectivity index (χ2n) is 6.03. The van der Waals surface area contributed by atoms with Crippen LogP contribution >= 0.6 is 11.3 Å². The number of ether oxygens (including phenoxy) is 2. The number of nitrogens with one attached hydrogen (secondary N) is 1. The molecule has 1 N–H and O–H groups in total. The van der Waals surface area contributed by atoms with Crippen LogP contribution < -0.4 is 5.32 Å². The van der Waals surface area contributed by atoms with Gasteiger partial charge in [-0.05, 0) is 19.4 Å². The Labute approximate surface area is 170 Å². The molecule has 0 aliphatic rings. The number of methoxy groups -OCH3 is 2. The summed E-state index contributed by atoms with van der Waals surface area (Å²) in [4.78, 5) is 37.5. The van der Waals surface area contributed by atoms with E-state index in [1.807, 2.05) is 18.2 Å². The number of hydrogen-bond donors (Lipinski definition) is 1. The Morgan fingerprint density at radius 2 is 1.66 bits per heavy atom. The van der Waals surface area contributed by atoms with Gasteiger partial charge >= 0.3 is 11.9 Å². The monoisotopic (exact) mass is 414 g/mol. The molecule has 3 aromatic rings. The maximum atomic E-state index is 13.0. The highest BCUT2D eigenvalue weighted by molar-refractivity contribution is 7.18. The molecule has 150 valence electrons. The molecule has 0 unspecified atom stereocenters. The summed E-state index contributed by atoms with van der Waals surface area (Å²) < 4.78 is 14.8. The maximum absolute atomic E-state index is 13.0. The first kappa shape index (κ1) is 20.3. The predicted molar refractivity (Wildman–Crippen MR) is 106 cm³/mol. The largest absolute Gasteiger partial charge is 0.465 e. The fourth-order valence-electron chi connectivity index (χ4n) is 2.84. The van der Waals surface area contributed by atoms with Crippen molar-refractivity contribution in [3.8, 4) is 11.3 Å². The van der Waals surface area contributed by atoms with Crippen LogP contribution in [0.1, 0.15) is 41.7 Å². The number of nitrogens with zero attached hydrogens (tertiary/aromatic N) is 1.